The highest BCUT2D eigenvalue weighted by molar-refractivity contribution is 7.91. The van der Waals surface area contributed by atoms with Crippen LogP contribution in [0.5, 0.6) is 5.75 Å². The zero-order valence-corrected chi connectivity index (χ0v) is 9.37. The van der Waals surface area contributed by atoms with Gasteiger partial charge in [0.15, 0.2) is 9.84 Å². The molecule has 1 aromatic carbocycles. The third-order valence-electron chi connectivity index (χ3n) is 2.04. The largest absolute Gasteiger partial charge is 0.508 e. The second kappa shape index (κ2) is 4.63. The number of hydrogen-bond donors (Lipinski definition) is 2. The van der Waals surface area contributed by atoms with Gasteiger partial charge in [-0.1, -0.05) is 0 Å². The SMILES string of the molecule is CC(N)CCS(=O)(=O)c1ccc(O)cc1. The molecular weight excluding hydrogens is 214 g/mol. The fourth-order valence-electron chi connectivity index (χ4n) is 1.11. The Balaban J connectivity index is 2.82. The van der Waals surface area contributed by atoms with Gasteiger partial charge in [-0.25, -0.2) is 8.42 Å². The number of nitrogens with two attached hydrogens (primary N) is 1. The van der Waals surface area contributed by atoms with E-state index in [0.29, 0.717) is 6.42 Å². The molecule has 5 heteroatoms. The first-order chi connectivity index (χ1) is 6.92. The van der Waals surface area contributed by atoms with Crippen molar-refractivity contribution in [3.63, 3.8) is 0 Å². The molecule has 1 atom stereocenters. The number of hydrogen-bond acceptors (Lipinski definition) is 4. The van der Waals surface area contributed by atoms with Crippen LogP contribution >= 0.6 is 0 Å². The molecule has 1 unspecified atom stereocenters. The topological polar surface area (TPSA) is 80.4 Å². The van der Waals surface area contributed by atoms with Crippen LogP contribution in [0.25, 0.3) is 0 Å². The van der Waals surface area contributed by atoms with Crippen molar-refractivity contribution in [3.8, 4) is 5.75 Å². The molecule has 0 heterocycles. The van der Waals surface area contributed by atoms with E-state index in [-0.39, 0.29) is 22.4 Å². The van der Waals surface area contributed by atoms with Crippen molar-refractivity contribution < 1.29 is 13.5 Å². The van der Waals surface area contributed by atoms with Crippen LogP contribution in [0.2, 0.25) is 0 Å². The molecule has 4 nitrogen and oxygen atoms in total. The van der Waals surface area contributed by atoms with Crippen molar-refractivity contribution in [2.24, 2.45) is 5.73 Å². The molecular formula is C10H15NO3S. The number of aromatic hydroxyl groups is 1. The van der Waals surface area contributed by atoms with E-state index in [4.69, 9.17) is 10.8 Å². The summed E-state index contributed by atoms with van der Waals surface area (Å²) in [5.74, 6) is 0.0938. The Labute approximate surface area is 89.7 Å². The van der Waals surface area contributed by atoms with Crippen molar-refractivity contribution >= 4 is 9.84 Å². The highest BCUT2D eigenvalue weighted by Crippen LogP contribution is 2.16. The van der Waals surface area contributed by atoms with Crippen LogP contribution in [-0.4, -0.2) is 25.3 Å². The first-order valence-electron chi connectivity index (χ1n) is 4.69. The summed E-state index contributed by atoms with van der Waals surface area (Å²) in [5, 5.41) is 9.03. The van der Waals surface area contributed by atoms with Crippen molar-refractivity contribution in [2.45, 2.75) is 24.3 Å². The summed E-state index contributed by atoms with van der Waals surface area (Å²) in [5.41, 5.74) is 5.50. The summed E-state index contributed by atoms with van der Waals surface area (Å²) < 4.78 is 23.4. The maximum absolute atomic E-state index is 11.7. The number of sulfone groups is 1. The summed E-state index contributed by atoms with van der Waals surface area (Å²) in [4.78, 5) is 0.223. The van der Waals surface area contributed by atoms with Gasteiger partial charge in [0.05, 0.1) is 10.6 Å². The molecule has 15 heavy (non-hydrogen) atoms. The van der Waals surface area contributed by atoms with Gasteiger partial charge in [-0.3, -0.25) is 0 Å². The smallest absolute Gasteiger partial charge is 0.178 e. The summed E-state index contributed by atoms with van der Waals surface area (Å²) in [7, 11) is -3.26. The lowest BCUT2D eigenvalue weighted by Gasteiger charge is -2.06. The zero-order chi connectivity index (χ0) is 11.5. The van der Waals surface area contributed by atoms with Gasteiger partial charge in [0.2, 0.25) is 0 Å². The molecule has 84 valence electrons. The van der Waals surface area contributed by atoms with Gasteiger partial charge in [-0.15, -0.1) is 0 Å². The molecule has 0 radical (unpaired) electrons. The lowest BCUT2D eigenvalue weighted by molar-refractivity contribution is 0.474. The molecule has 0 aromatic heterocycles. The van der Waals surface area contributed by atoms with E-state index in [1.807, 2.05) is 0 Å². The van der Waals surface area contributed by atoms with Gasteiger partial charge in [0.25, 0.3) is 0 Å². The minimum absolute atomic E-state index is 0.0371. The molecule has 0 aliphatic rings. The molecule has 0 spiro atoms. The predicted octanol–water partition coefficient (Wildman–Crippen LogP) is 0.903. The van der Waals surface area contributed by atoms with Gasteiger partial charge in [-0.05, 0) is 37.6 Å². The van der Waals surface area contributed by atoms with Gasteiger partial charge >= 0.3 is 0 Å². The summed E-state index contributed by atoms with van der Waals surface area (Å²) in [6.07, 6.45) is 0.434. The molecule has 3 N–H and O–H groups in total. The van der Waals surface area contributed by atoms with Crippen molar-refractivity contribution in [1.82, 2.24) is 0 Å². The van der Waals surface area contributed by atoms with E-state index in [0.717, 1.165) is 0 Å². The molecule has 0 amide bonds. The van der Waals surface area contributed by atoms with Crippen LogP contribution in [0.3, 0.4) is 0 Å². The fourth-order valence-corrected chi connectivity index (χ4v) is 2.58. The second-order valence-corrected chi connectivity index (χ2v) is 5.69. The fraction of sp³-hybridized carbons (Fsp3) is 0.400. The standard InChI is InChI=1S/C10H15NO3S/c1-8(11)6-7-15(13,14)10-4-2-9(12)3-5-10/h2-5,8,12H,6-7,11H2,1H3. The van der Waals surface area contributed by atoms with E-state index < -0.39 is 9.84 Å². The maximum atomic E-state index is 11.7. The van der Waals surface area contributed by atoms with E-state index in [9.17, 15) is 8.42 Å². The summed E-state index contributed by atoms with van der Waals surface area (Å²) in [6.45, 7) is 1.77. The first-order valence-corrected chi connectivity index (χ1v) is 6.34. The number of phenols is 1. The Hall–Kier alpha value is -1.07. The van der Waals surface area contributed by atoms with E-state index in [2.05, 4.69) is 0 Å². The van der Waals surface area contributed by atoms with Gasteiger partial charge < -0.3 is 10.8 Å². The lowest BCUT2D eigenvalue weighted by atomic mass is 10.3. The first kappa shape index (κ1) is 12.0. The molecule has 1 rings (SSSR count). The summed E-state index contributed by atoms with van der Waals surface area (Å²) >= 11 is 0. The average Bonchev–Trinajstić information content (AvgIpc) is 2.16. The Bertz CT molecular complexity index is 409. The minimum Gasteiger partial charge on any atom is -0.508 e. The van der Waals surface area contributed by atoms with Crippen LogP contribution in [0.1, 0.15) is 13.3 Å². The minimum atomic E-state index is -3.26. The quantitative estimate of drug-likeness (QED) is 0.804. The molecule has 0 bridgehead atoms. The van der Waals surface area contributed by atoms with E-state index >= 15 is 0 Å². The van der Waals surface area contributed by atoms with Crippen LogP contribution < -0.4 is 5.73 Å². The third-order valence-corrected chi connectivity index (χ3v) is 3.80. The van der Waals surface area contributed by atoms with Gasteiger partial charge in [0.1, 0.15) is 5.75 Å². The Morgan fingerprint density at radius 3 is 2.33 bits per heavy atom. The Morgan fingerprint density at radius 1 is 1.33 bits per heavy atom. The monoisotopic (exact) mass is 229 g/mol. The second-order valence-electron chi connectivity index (χ2n) is 3.58. The maximum Gasteiger partial charge on any atom is 0.178 e. The van der Waals surface area contributed by atoms with Gasteiger partial charge in [0, 0.05) is 6.04 Å². The normalized spacial score (nSPS) is 13.7. The van der Waals surface area contributed by atoms with Crippen LogP contribution in [-0.2, 0) is 9.84 Å². The third kappa shape index (κ3) is 3.53. The highest BCUT2D eigenvalue weighted by atomic mass is 32.2. The lowest BCUT2D eigenvalue weighted by Crippen LogP contribution is -2.20. The summed E-state index contributed by atoms with van der Waals surface area (Å²) in [6, 6.07) is 5.38. The predicted molar refractivity (Wildman–Crippen MR) is 58.4 cm³/mol. The van der Waals surface area contributed by atoms with Crippen LogP contribution in [0.15, 0.2) is 29.2 Å². The average molecular weight is 229 g/mol. The number of phenolic OH excluding ortho intramolecular Hbond substituents is 1. The zero-order valence-electron chi connectivity index (χ0n) is 8.55. The van der Waals surface area contributed by atoms with Crippen LogP contribution in [0, 0.1) is 0 Å². The Morgan fingerprint density at radius 2 is 1.87 bits per heavy atom. The number of benzene rings is 1. The molecule has 1 aromatic rings. The molecule has 0 saturated carbocycles. The molecule has 0 saturated heterocycles. The molecule has 0 aliphatic carbocycles. The molecule has 0 aliphatic heterocycles. The van der Waals surface area contributed by atoms with E-state index in [1.165, 1.54) is 24.3 Å². The Kier molecular flexibility index (Phi) is 3.71. The number of rotatable bonds is 4. The van der Waals surface area contributed by atoms with E-state index in [1.54, 1.807) is 6.92 Å². The highest BCUT2D eigenvalue weighted by Gasteiger charge is 2.14. The van der Waals surface area contributed by atoms with Crippen molar-refractivity contribution in [2.75, 3.05) is 5.75 Å². The van der Waals surface area contributed by atoms with Crippen molar-refractivity contribution in [3.05, 3.63) is 24.3 Å². The van der Waals surface area contributed by atoms with Crippen molar-refractivity contribution in [1.29, 1.82) is 0 Å². The van der Waals surface area contributed by atoms with Gasteiger partial charge in [-0.2, -0.15) is 0 Å². The van der Waals surface area contributed by atoms with Crippen LogP contribution in [0.4, 0.5) is 0 Å². The molecule has 0 fully saturated rings.